The molecule has 4 rings (SSSR count). The lowest BCUT2D eigenvalue weighted by atomic mass is 10.1. The van der Waals surface area contributed by atoms with Crippen LogP contribution < -0.4 is 9.19 Å². The zero-order valence-corrected chi connectivity index (χ0v) is 17.8. The highest BCUT2D eigenvalue weighted by Crippen LogP contribution is 2.26. The van der Waals surface area contributed by atoms with Crippen LogP contribution in [0.15, 0.2) is 94.4 Å². The van der Waals surface area contributed by atoms with Gasteiger partial charge in [-0.1, -0.05) is 48.0 Å². The summed E-state index contributed by atoms with van der Waals surface area (Å²) in [5.41, 5.74) is 3.47. The van der Waals surface area contributed by atoms with Crippen molar-refractivity contribution in [1.82, 2.24) is 0 Å². The fourth-order valence-corrected chi connectivity index (χ4v) is 4.02. The number of aryl methyl sites for hydroxylation is 1. The molecule has 1 aliphatic rings. The summed E-state index contributed by atoms with van der Waals surface area (Å²) in [4.78, 5) is 12.9. The molecule has 7 heteroatoms. The molecule has 0 saturated heterocycles. The highest BCUT2D eigenvalue weighted by atomic mass is 32.2. The van der Waals surface area contributed by atoms with Crippen molar-refractivity contribution >= 4 is 33.5 Å². The molecule has 0 aliphatic carbocycles. The van der Waals surface area contributed by atoms with Crippen molar-refractivity contribution in [3.8, 4) is 5.75 Å². The van der Waals surface area contributed by atoms with E-state index in [2.05, 4.69) is 5.10 Å². The predicted octanol–water partition coefficient (Wildman–Crippen LogP) is 4.57. The molecule has 3 aromatic rings. The second-order valence-electron chi connectivity index (χ2n) is 7.12. The average Bonchev–Trinajstić information content (AvgIpc) is 3.04. The summed E-state index contributed by atoms with van der Waals surface area (Å²) in [6, 6.07) is 22.1. The molecule has 0 bridgehead atoms. The first-order valence-corrected chi connectivity index (χ1v) is 11.0. The molecular weight excluding hydrogens is 412 g/mol. The van der Waals surface area contributed by atoms with E-state index in [9.17, 15) is 13.2 Å². The Morgan fingerprint density at radius 3 is 2.16 bits per heavy atom. The van der Waals surface area contributed by atoms with E-state index < -0.39 is 10.1 Å². The van der Waals surface area contributed by atoms with E-state index in [0.717, 1.165) is 11.1 Å². The molecule has 6 nitrogen and oxygen atoms in total. The Morgan fingerprint density at radius 1 is 0.871 bits per heavy atom. The van der Waals surface area contributed by atoms with Crippen LogP contribution in [0.2, 0.25) is 0 Å². The molecule has 0 aromatic heterocycles. The summed E-state index contributed by atoms with van der Waals surface area (Å²) in [6.07, 6.45) is 1.72. The van der Waals surface area contributed by atoms with Crippen LogP contribution in [0.4, 0.5) is 5.69 Å². The van der Waals surface area contributed by atoms with Gasteiger partial charge in [-0.3, -0.25) is 4.79 Å². The van der Waals surface area contributed by atoms with E-state index in [0.29, 0.717) is 17.0 Å². The molecule has 3 aromatic carbocycles. The minimum absolute atomic E-state index is 0.0914. The Hall–Kier alpha value is -3.71. The van der Waals surface area contributed by atoms with Crippen LogP contribution in [0.5, 0.6) is 5.75 Å². The Balaban J connectivity index is 1.52. The molecule has 1 heterocycles. The van der Waals surface area contributed by atoms with Gasteiger partial charge in [0, 0.05) is 0 Å². The summed E-state index contributed by atoms with van der Waals surface area (Å²) >= 11 is 0. The maximum Gasteiger partial charge on any atom is 0.339 e. The van der Waals surface area contributed by atoms with Gasteiger partial charge in [-0.15, -0.1) is 0 Å². The van der Waals surface area contributed by atoms with Crippen LogP contribution in [-0.4, -0.2) is 20.0 Å². The second-order valence-corrected chi connectivity index (χ2v) is 8.66. The van der Waals surface area contributed by atoms with Crippen LogP contribution in [0.1, 0.15) is 18.1 Å². The summed E-state index contributed by atoms with van der Waals surface area (Å²) < 4.78 is 30.1. The van der Waals surface area contributed by atoms with Crippen molar-refractivity contribution in [3.05, 3.63) is 95.6 Å². The van der Waals surface area contributed by atoms with Crippen LogP contribution in [-0.2, 0) is 14.9 Å². The van der Waals surface area contributed by atoms with Crippen LogP contribution in [0.3, 0.4) is 0 Å². The lowest BCUT2D eigenvalue weighted by Gasteiger charge is -2.11. The van der Waals surface area contributed by atoms with E-state index in [1.54, 1.807) is 49.4 Å². The SMILES string of the molecule is CC1=NN(c2ccccc2)C(=O)/C1=C\c1ccc(OS(=O)(=O)c2ccc(C)cc2)cc1. The Kier molecular flexibility index (Phi) is 5.44. The fraction of sp³-hybridized carbons (Fsp3) is 0.0833. The second kappa shape index (κ2) is 8.20. The number of anilines is 1. The number of benzene rings is 3. The van der Waals surface area contributed by atoms with Gasteiger partial charge in [0.05, 0.1) is 17.0 Å². The van der Waals surface area contributed by atoms with Gasteiger partial charge in [0.25, 0.3) is 5.91 Å². The van der Waals surface area contributed by atoms with Gasteiger partial charge in [0.15, 0.2) is 0 Å². The van der Waals surface area contributed by atoms with E-state index in [4.69, 9.17) is 4.18 Å². The standard InChI is InChI=1S/C24H20N2O4S/c1-17-8-14-22(15-9-17)31(28,29)30-21-12-10-19(11-13-21)16-23-18(2)25-26(24(23)27)20-6-4-3-5-7-20/h3-16H,1-2H3/b23-16-. The number of carbonyl (C=O) groups is 1. The molecular formula is C24H20N2O4S. The average molecular weight is 433 g/mol. The third-order valence-corrected chi connectivity index (χ3v) is 6.03. The Bertz CT molecular complexity index is 1280. The number of hydrogen-bond acceptors (Lipinski definition) is 5. The summed E-state index contributed by atoms with van der Waals surface area (Å²) in [5, 5.41) is 5.72. The van der Waals surface area contributed by atoms with Gasteiger partial charge in [-0.2, -0.15) is 18.5 Å². The van der Waals surface area contributed by atoms with Crippen LogP contribution >= 0.6 is 0 Å². The van der Waals surface area contributed by atoms with Gasteiger partial charge in [0.1, 0.15) is 10.6 Å². The van der Waals surface area contributed by atoms with Crippen molar-refractivity contribution in [1.29, 1.82) is 0 Å². The van der Waals surface area contributed by atoms with Gasteiger partial charge < -0.3 is 4.18 Å². The minimum atomic E-state index is -3.92. The number of amides is 1. The summed E-state index contributed by atoms with van der Waals surface area (Å²) in [7, 11) is -3.92. The fourth-order valence-electron chi connectivity index (χ4n) is 3.09. The predicted molar refractivity (Wildman–Crippen MR) is 120 cm³/mol. The highest BCUT2D eigenvalue weighted by Gasteiger charge is 2.28. The number of para-hydroxylation sites is 1. The summed E-state index contributed by atoms with van der Waals surface area (Å²) in [5.74, 6) is -0.0252. The zero-order chi connectivity index (χ0) is 22.0. The van der Waals surface area contributed by atoms with Crippen molar-refractivity contribution in [2.45, 2.75) is 18.7 Å². The van der Waals surface area contributed by atoms with Crippen molar-refractivity contribution in [3.63, 3.8) is 0 Å². The Morgan fingerprint density at radius 2 is 1.52 bits per heavy atom. The quantitative estimate of drug-likeness (QED) is 0.437. The zero-order valence-electron chi connectivity index (χ0n) is 17.0. The minimum Gasteiger partial charge on any atom is -0.379 e. The first kappa shape index (κ1) is 20.6. The maximum atomic E-state index is 12.8. The van der Waals surface area contributed by atoms with E-state index in [-0.39, 0.29) is 16.6 Å². The number of hydrazone groups is 1. The molecule has 0 saturated carbocycles. The summed E-state index contributed by atoms with van der Waals surface area (Å²) in [6.45, 7) is 3.66. The van der Waals surface area contributed by atoms with Crippen LogP contribution in [0, 0.1) is 6.92 Å². The van der Waals surface area contributed by atoms with Gasteiger partial charge in [-0.05, 0) is 61.9 Å². The van der Waals surface area contributed by atoms with E-state index in [1.807, 2.05) is 37.3 Å². The molecule has 156 valence electrons. The van der Waals surface area contributed by atoms with Gasteiger partial charge >= 0.3 is 10.1 Å². The number of carbonyl (C=O) groups excluding carboxylic acids is 1. The van der Waals surface area contributed by atoms with Crippen molar-refractivity contribution in [2.75, 3.05) is 5.01 Å². The molecule has 0 spiro atoms. The molecule has 1 aliphatic heterocycles. The third-order valence-electron chi connectivity index (χ3n) is 4.77. The Labute approximate surface area is 181 Å². The molecule has 1 amide bonds. The molecule has 31 heavy (non-hydrogen) atoms. The number of rotatable bonds is 5. The smallest absolute Gasteiger partial charge is 0.339 e. The largest absolute Gasteiger partial charge is 0.379 e. The molecule has 0 unspecified atom stereocenters. The topological polar surface area (TPSA) is 76.0 Å². The van der Waals surface area contributed by atoms with Gasteiger partial charge in [0.2, 0.25) is 0 Å². The van der Waals surface area contributed by atoms with Crippen LogP contribution in [0.25, 0.3) is 6.08 Å². The number of hydrogen-bond donors (Lipinski definition) is 0. The lowest BCUT2D eigenvalue weighted by molar-refractivity contribution is -0.114. The molecule has 0 N–H and O–H groups in total. The first-order chi connectivity index (χ1) is 14.8. The molecule has 0 radical (unpaired) electrons. The lowest BCUT2D eigenvalue weighted by Crippen LogP contribution is -2.21. The molecule has 0 atom stereocenters. The highest BCUT2D eigenvalue weighted by molar-refractivity contribution is 7.87. The van der Waals surface area contributed by atoms with Crippen molar-refractivity contribution in [2.24, 2.45) is 5.10 Å². The first-order valence-electron chi connectivity index (χ1n) is 9.61. The van der Waals surface area contributed by atoms with E-state index in [1.165, 1.54) is 17.1 Å². The van der Waals surface area contributed by atoms with E-state index >= 15 is 0 Å². The monoisotopic (exact) mass is 432 g/mol. The third kappa shape index (κ3) is 4.41. The van der Waals surface area contributed by atoms with Gasteiger partial charge in [-0.25, -0.2) is 0 Å². The molecule has 0 fully saturated rings. The maximum absolute atomic E-state index is 12.8. The number of nitrogens with zero attached hydrogens (tertiary/aromatic N) is 2. The normalized spacial score (nSPS) is 15.3. The van der Waals surface area contributed by atoms with Crippen molar-refractivity contribution < 1.29 is 17.4 Å².